The third-order valence-corrected chi connectivity index (χ3v) is 7.54. The van der Waals surface area contributed by atoms with Gasteiger partial charge in [0.05, 0.1) is 24.7 Å². The Hall–Kier alpha value is -2.69. The Bertz CT molecular complexity index is 1100. The van der Waals surface area contributed by atoms with Gasteiger partial charge in [0.2, 0.25) is 21.8 Å². The van der Waals surface area contributed by atoms with Crippen molar-refractivity contribution < 1.29 is 27.2 Å². The lowest BCUT2D eigenvalue weighted by Crippen LogP contribution is -2.41. The molecule has 4 rings (SSSR count). The first-order valence-corrected chi connectivity index (χ1v) is 12.1. The lowest BCUT2D eigenvalue weighted by Gasteiger charge is -2.27. The number of hydrogen-bond acceptors (Lipinski definition) is 6. The van der Waals surface area contributed by atoms with Gasteiger partial charge in [-0.3, -0.25) is 9.59 Å². The molecular weight excluding hydrogens is 434 g/mol. The van der Waals surface area contributed by atoms with E-state index in [9.17, 15) is 18.0 Å². The highest BCUT2D eigenvalue weighted by Gasteiger charge is 2.29. The van der Waals surface area contributed by atoms with Crippen LogP contribution in [0.1, 0.15) is 29.9 Å². The Morgan fingerprint density at radius 2 is 1.91 bits per heavy atom. The van der Waals surface area contributed by atoms with Crippen LogP contribution in [0.4, 0.5) is 5.69 Å². The maximum atomic E-state index is 13.0. The maximum absolute atomic E-state index is 13.0. The number of nitrogens with one attached hydrogen (secondary N) is 1. The van der Waals surface area contributed by atoms with Crippen LogP contribution < -0.4 is 10.2 Å². The number of anilines is 1. The smallest absolute Gasteiger partial charge is 0.243 e. The van der Waals surface area contributed by atoms with Crippen LogP contribution in [0.15, 0.2) is 39.6 Å². The number of rotatable bonds is 6. The molecule has 172 valence electrons. The molecule has 0 bridgehead atoms. The van der Waals surface area contributed by atoms with Crippen molar-refractivity contribution in [3.8, 4) is 0 Å². The van der Waals surface area contributed by atoms with E-state index in [-0.39, 0.29) is 29.8 Å². The number of aryl methyl sites for hydroxylation is 2. The van der Waals surface area contributed by atoms with E-state index in [0.717, 1.165) is 11.3 Å². The molecule has 0 spiro atoms. The topological polar surface area (TPSA) is 109 Å². The first-order chi connectivity index (χ1) is 15.3. The van der Waals surface area contributed by atoms with E-state index in [1.807, 2.05) is 13.0 Å². The van der Waals surface area contributed by atoms with Crippen LogP contribution in [0.5, 0.6) is 0 Å². The summed E-state index contributed by atoms with van der Waals surface area (Å²) in [6.07, 6.45) is 1.46. The average molecular weight is 462 g/mol. The fourth-order valence-corrected chi connectivity index (χ4v) is 5.42. The summed E-state index contributed by atoms with van der Waals surface area (Å²) in [6, 6.07) is 8.39. The molecule has 0 aliphatic carbocycles. The summed E-state index contributed by atoms with van der Waals surface area (Å²) in [5.74, 6) is 0.923. The number of nitrogens with zero attached hydrogens (tertiary/aromatic N) is 2. The fourth-order valence-electron chi connectivity index (χ4n) is 3.96. The summed E-state index contributed by atoms with van der Waals surface area (Å²) in [5, 5.41) is 2.77. The number of fused-ring (bicyclic) bond motifs is 1. The Labute approximate surface area is 187 Å². The lowest BCUT2D eigenvalue weighted by molar-refractivity contribution is -0.124. The van der Waals surface area contributed by atoms with Crippen molar-refractivity contribution in [2.24, 2.45) is 0 Å². The molecule has 1 N–H and O–H groups in total. The summed E-state index contributed by atoms with van der Waals surface area (Å²) >= 11 is 0. The summed E-state index contributed by atoms with van der Waals surface area (Å²) in [5.41, 5.74) is 1.33. The Morgan fingerprint density at radius 3 is 2.62 bits per heavy atom. The predicted molar refractivity (Wildman–Crippen MR) is 117 cm³/mol. The zero-order chi connectivity index (χ0) is 22.7. The van der Waals surface area contributed by atoms with Crippen molar-refractivity contribution in [1.82, 2.24) is 9.62 Å². The monoisotopic (exact) mass is 461 g/mol. The van der Waals surface area contributed by atoms with Gasteiger partial charge in [0.1, 0.15) is 18.1 Å². The highest BCUT2D eigenvalue weighted by atomic mass is 32.2. The van der Waals surface area contributed by atoms with Crippen LogP contribution in [0, 0.1) is 6.92 Å². The number of amides is 2. The number of ether oxygens (including phenoxy) is 1. The number of carbonyl (C=O) groups is 2. The molecule has 10 heteroatoms. The van der Waals surface area contributed by atoms with Gasteiger partial charge >= 0.3 is 0 Å². The standard InChI is InChI=1S/C22H27N3O6S/c1-16-5-6-18(31-16)14-23-21(26)15-25-20-8-7-19(13-17(20)3-2-4-22(25)27)32(28,29)24-9-11-30-12-10-24/h5-8,13H,2-4,9-12,14-15H2,1H3,(H,23,26). The van der Waals surface area contributed by atoms with Crippen LogP contribution in [-0.4, -0.2) is 57.4 Å². The lowest BCUT2D eigenvalue weighted by atomic mass is 10.1. The van der Waals surface area contributed by atoms with Crippen LogP contribution in [-0.2, 0) is 37.3 Å². The quantitative estimate of drug-likeness (QED) is 0.700. The number of carbonyl (C=O) groups excluding carboxylic acids is 2. The molecule has 2 amide bonds. The molecule has 1 aromatic heterocycles. The number of benzene rings is 1. The minimum atomic E-state index is -3.64. The van der Waals surface area contributed by atoms with E-state index < -0.39 is 10.0 Å². The number of sulfonamides is 1. The first-order valence-electron chi connectivity index (χ1n) is 10.7. The van der Waals surface area contributed by atoms with Crippen LogP contribution in [0.2, 0.25) is 0 Å². The van der Waals surface area contributed by atoms with Gasteiger partial charge in [-0.25, -0.2) is 8.42 Å². The molecular formula is C22H27N3O6S. The molecule has 1 fully saturated rings. The minimum absolute atomic E-state index is 0.138. The van der Waals surface area contributed by atoms with Crippen molar-refractivity contribution in [3.05, 3.63) is 47.4 Å². The third kappa shape index (κ3) is 4.87. The van der Waals surface area contributed by atoms with Crippen molar-refractivity contribution in [3.63, 3.8) is 0 Å². The van der Waals surface area contributed by atoms with Gasteiger partial charge in [0.15, 0.2) is 0 Å². The van der Waals surface area contributed by atoms with Gasteiger partial charge in [-0.1, -0.05) is 0 Å². The zero-order valence-electron chi connectivity index (χ0n) is 18.0. The normalized spacial score (nSPS) is 17.7. The van der Waals surface area contributed by atoms with Gasteiger partial charge < -0.3 is 19.4 Å². The molecule has 0 atom stereocenters. The van der Waals surface area contributed by atoms with Crippen molar-refractivity contribution >= 4 is 27.5 Å². The average Bonchev–Trinajstić information content (AvgIpc) is 3.15. The van der Waals surface area contributed by atoms with E-state index >= 15 is 0 Å². The van der Waals surface area contributed by atoms with Gasteiger partial charge in [-0.2, -0.15) is 4.31 Å². The minimum Gasteiger partial charge on any atom is -0.465 e. The molecule has 0 radical (unpaired) electrons. The summed E-state index contributed by atoms with van der Waals surface area (Å²) in [4.78, 5) is 26.9. The zero-order valence-corrected chi connectivity index (χ0v) is 18.8. The van der Waals surface area contributed by atoms with E-state index in [2.05, 4.69) is 5.32 Å². The van der Waals surface area contributed by atoms with Gasteiger partial charge in [0.25, 0.3) is 0 Å². The fraction of sp³-hybridized carbons (Fsp3) is 0.455. The maximum Gasteiger partial charge on any atom is 0.243 e. The van der Waals surface area contributed by atoms with E-state index in [4.69, 9.17) is 9.15 Å². The van der Waals surface area contributed by atoms with Crippen LogP contribution in [0.3, 0.4) is 0 Å². The summed E-state index contributed by atoms with van der Waals surface area (Å²) in [7, 11) is -3.64. The second kappa shape index (κ2) is 9.43. The van der Waals surface area contributed by atoms with E-state index in [0.29, 0.717) is 57.0 Å². The number of hydrogen-bond donors (Lipinski definition) is 1. The molecule has 9 nitrogen and oxygen atoms in total. The van der Waals surface area contributed by atoms with Crippen molar-refractivity contribution in [2.45, 2.75) is 37.6 Å². The largest absolute Gasteiger partial charge is 0.465 e. The van der Waals surface area contributed by atoms with E-state index in [1.165, 1.54) is 15.3 Å². The molecule has 0 unspecified atom stereocenters. The SMILES string of the molecule is Cc1ccc(CNC(=O)CN2C(=O)CCCc3cc(S(=O)(=O)N4CCOCC4)ccc32)o1. The molecule has 2 aliphatic heterocycles. The highest BCUT2D eigenvalue weighted by Crippen LogP contribution is 2.30. The summed E-state index contributed by atoms with van der Waals surface area (Å²) in [6.45, 7) is 3.31. The predicted octanol–water partition coefficient (Wildman–Crippen LogP) is 1.59. The Kier molecular flexibility index (Phi) is 6.63. The molecule has 3 heterocycles. The molecule has 2 aliphatic rings. The van der Waals surface area contributed by atoms with Crippen LogP contribution >= 0.6 is 0 Å². The Morgan fingerprint density at radius 1 is 1.12 bits per heavy atom. The summed E-state index contributed by atoms with van der Waals surface area (Å²) < 4.78 is 38.2. The molecule has 0 saturated carbocycles. The van der Waals surface area contributed by atoms with Gasteiger partial charge in [-0.15, -0.1) is 0 Å². The number of morpholine rings is 1. The first kappa shape index (κ1) is 22.5. The van der Waals surface area contributed by atoms with Crippen molar-refractivity contribution in [1.29, 1.82) is 0 Å². The number of furan rings is 1. The van der Waals surface area contributed by atoms with Gasteiger partial charge in [-0.05, 0) is 55.7 Å². The molecule has 1 aromatic carbocycles. The van der Waals surface area contributed by atoms with Crippen LogP contribution in [0.25, 0.3) is 0 Å². The van der Waals surface area contributed by atoms with Crippen molar-refractivity contribution in [2.75, 3.05) is 37.7 Å². The second-order valence-corrected chi connectivity index (χ2v) is 9.87. The van der Waals surface area contributed by atoms with Gasteiger partial charge in [0, 0.05) is 25.2 Å². The molecule has 32 heavy (non-hydrogen) atoms. The molecule has 2 aromatic rings. The molecule has 1 saturated heterocycles. The van der Waals surface area contributed by atoms with E-state index in [1.54, 1.807) is 18.2 Å². The second-order valence-electron chi connectivity index (χ2n) is 7.93. The highest BCUT2D eigenvalue weighted by molar-refractivity contribution is 7.89. The third-order valence-electron chi connectivity index (χ3n) is 5.64. The Balaban J connectivity index is 1.52.